The van der Waals surface area contributed by atoms with Crippen molar-refractivity contribution in [2.24, 2.45) is 5.92 Å². The summed E-state index contributed by atoms with van der Waals surface area (Å²) in [4.78, 5) is 30.3. The predicted molar refractivity (Wildman–Crippen MR) is 167 cm³/mol. The highest BCUT2D eigenvalue weighted by Crippen LogP contribution is 2.39. The minimum absolute atomic E-state index is 0.0129. The summed E-state index contributed by atoms with van der Waals surface area (Å²) in [6.07, 6.45) is 4.60. The van der Waals surface area contributed by atoms with Gasteiger partial charge in [-0.1, -0.05) is 29.3 Å². The van der Waals surface area contributed by atoms with Gasteiger partial charge in [0.15, 0.2) is 23.9 Å². The van der Waals surface area contributed by atoms with Gasteiger partial charge in [-0.15, -0.1) is 0 Å². The van der Waals surface area contributed by atoms with Crippen LogP contribution in [0.1, 0.15) is 48.5 Å². The van der Waals surface area contributed by atoms with Crippen LogP contribution in [0.15, 0.2) is 53.7 Å². The molecule has 1 aromatic heterocycles. The number of sulfonamides is 1. The van der Waals surface area contributed by atoms with Crippen molar-refractivity contribution in [1.29, 1.82) is 0 Å². The molecule has 2 atom stereocenters. The topological polar surface area (TPSA) is 117 Å². The number of H-pyrrole nitrogens is 1. The molecule has 1 N–H and O–H groups in total. The number of benzene rings is 2. The molecule has 0 radical (unpaired) electrons. The quantitative estimate of drug-likeness (QED) is 0.231. The molecule has 6 rings (SSSR count). The number of anilines is 1. The molecule has 250 valence electrons. The Balaban J connectivity index is 1.30. The van der Waals surface area contributed by atoms with Crippen LogP contribution >= 0.6 is 23.2 Å². The maximum atomic E-state index is 13.9. The molecule has 2 aromatic carbocycles. The summed E-state index contributed by atoms with van der Waals surface area (Å²) in [6.45, 7) is -2.69. The van der Waals surface area contributed by atoms with Crippen molar-refractivity contribution in [2.75, 3.05) is 25.1 Å². The van der Waals surface area contributed by atoms with Crippen LogP contribution < -0.4 is 19.4 Å². The summed E-state index contributed by atoms with van der Waals surface area (Å²) in [5.41, 5.74) is 2.05. The Kier molecular flexibility index (Phi) is 9.62. The number of carbonyl (C=O) groups excluding carboxylic acids is 2. The highest BCUT2D eigenvalue weighted by atomic mass is 35.5. The number of aromatic nitrogens is 1. The van der Waals surface area contributed by atoms with Gasteiger partial charge in [0.25, 0.3) is 0 Å². The second kappa shape index (κ2) is 13.5. The van der Waals surface area contributed by atoms with Crippen LogP contribution in [0.25, 0.3) is 0 Å². The smallest absolute Gasteiger partial charge is 0.387 e. The first kappa shape index (κ1) is 33.4. The number of carbonyl (C=O) groups is 2. The monoisotopic (exact) mass is 710 g/mol. The summed E-state index contributed by atoms with van der Waals surface area (Å²) in [5, 5.41) is 0.541. The van der Waals surface area contributed by atoms with Crippen LogP contribution in [-0.2, 0) is 37.2 Å². The molecule has 0 bridgehead atoms. The van der Waals surface area contributed by atoms with Crippen LogP contribution in [0.2, 0.25) is 10.0 Å². The van der Waals surface area contributed by atoms with E-state index in [-0.39, 0.29) is 58.2 Å². The van der Waals surface area contributed by atoms with Gasteiger partial charge in [0.1, 0.15) is 22.2 Å². The number of aromatic amines is 1. The first-order valence-corrected chi connectivity index (χ1v) is 17.3. The van der Waals surface area contributed by atoms with E-state index in [0.29, 0.717) is 41.3 Å². The Labute approximate surface area is 280 Å². The highest BCUT2D eigenvalue weighted by Gasteiger charge is 2.42. The van der Waals surface area contributed by atoms with Gasteiger partial charge < -0.3 is 19.1 Å². The fraction of sp³-hybridized carbons (Fsp3) is 0.406. The maximum Gasteiger partial charge on any atom is 0.387 e. The van der Waals surface area contributed by atoms with Gasteiger partial charge in [0.2, 0.25) is 15.9 Å². The molecule has 1 aliphatic carbocycles. The Morgan fingerprint density at radius 2 is 1.81 bits per heavy atom. The number of halogens is 4. The third-order valence-electron chi connectivity index (χ3n) is 8.58. The van der Waals surface area contributed by atoms with Crippen molar-refractivity contribution < 1.29 is 46.0 Å². The van der Waals surface area contributed by atoms with Gasteiger partial charge in [0, 0.05) is 31.3 Å². The minimum atomic E-state index is -4.15. The van der Waals surface area contributed by atoms with Gasteiger partial charge in [-0.2, -0.15) is 13.1 Å². The molecule has 1 amide bonds. The maximum absolute atomic E-state index is 13.9. The molecule has 3 aromatic rings. The van der Waals surface area contributed by atoms with Gasteiger partial charge in [0.05, 0.1) is 17.9 Å². The molecular weight excluding hydrogens is 679 g/mol. The second-order valence-electron chi connectivity index (χ2n) is 11.8. The predicted octanol–water partition coefficient (Wildman–Crippen LogP) is 5.40. The van der Waals surface area contributed by atoms with E-state index in [2.05, 4.69) is 9.72 Å². The van der Waals surface area contributed by atoms with Gasteiger partial charge in [-0.3, -0.25) is 9.59 Å². The largest absolute Gasteiger partial charge is 0.489 e. The zero-order valence-corrected chi connectivity index (χ0v) is 27.6. The third kappa shape index (κ3) is 7.18. The van der Waals surface area contributed by atoms with Crippen molar-refractivity contribution in [3.8, 4) is 11.5 Å². The number of pyridine rings is 1. The number of amides is 1. The number of esters is 1. The van der Waals surface area contributed by atoms with Gasteiger partial charge in [-0.05, 0) is 73.1 Å². The number of likely N-dealkylation sites (N-methyl/N-ethyl adjacent to an activating group) is 1. The zero-order valence-electron chi connectivity index (χ0n) is 25.3. The fourth-order valence-electron chi connectivity index (χ4n) is 5.83. The zero-order chi connectivity index (χ0) is 33.5. The summed E-state index contributed by atoms with van der Waals surface area (Å²) in [5.74, 6) is -0.743. The van der Waals surface area contributed by atoms with E-state index in [4.69, 9.17) is 32.7 Å². The van der Waals surface area contributed by atoms with Crippen LogP contribution in [0, 0.1) is 5.92 Å². The van der Waals surface area contributed by atoms with E-state index in [9.17, 15) is 26.8 Å². The van der Waals surface area contributed by atoms with Crippen molar-refractivity contribution in [1.82, 2.24) is 4.31 Å². The van der Waals surface area contributed by atoms with E-state index in [0.717, 1.165) is 17.1 Å². The number of nitrogens with one attached hydrogen (secondary N) is 1. The first-order valence-electron chi connectivity index (χ1n) is 15.1. The number of hydrogen-bond donors (Lipinski definition) is 0. The lowest BCUT2D eigenvalue weighted by Crippen LogP contribution is -2.41. The molecule has 47 heavy (non-hydrogen) atoms. The SMILES string of the molecule is CN1C(=O)Cc2cc(S(=O)(=O)N3CCC[C@H]3C(=O)O[C@@H](Cc3c(Cl)c[nH+]cc3Cl)c3ccc(OC(F)F)c(OCC4CC4)c3)ccc21. The number of fused-ring (bicyclic) bond motifs is 1. The second-order valence-corrected chi connectivity index (χ2v) is 14.5. The van der Waals surface area contributed by atoms with Crippen molar-refractivity contribution in [3.63, 3.8) is 0 Å². The van der Waals surface area contributed by atoms with E-state index in [1.54, 1.807) is 13.1 Å². The molecular formula is C32H32Cl2F2N3O7S+. The molecule has 2 aliphatic heterocycles. The molecule has 0 spiro atoms. The Morgan fingerprint density at radius 3 is 2.51 bits per heavy atom. The number of nitrogens with zero attached hydrogens (tertiary/aromatic N) is 2. The average Bonchev–Trinajstić information content (AvgIpc) is 3.63. The van der Waals surface area contributed by atoms with Crippen LogP contribution in [0.4, 0.5) is 14.5 Å². The Morgan fingerprint density at radius 1 is 1.06 bits per heavy atom. The molecule has 3 heterocycles. The number of hydrogen-bond acceptors (Lipinski definition) is 7. The number of ether oxygens (including phenoxy) is 3. The van der Waals surface area contributed by atoms with E-state index in [1.165, 1.54) is 47.6 Å². The first-order chi connectivity index (χ1) is 22.4. The molecule has 10 nitrogen and oxygen atoms in total. The molecule has 3 aliphatic rings. The number of rotatable bonds is 12. The van der Waals surface area contributed by atoms with Gasteiger partial charge in [-0.25, -0.2) is 13.4 Å². The minimum Gasteiger partial charge on any atom is -0.489 e. The van der Waals surface area contributed by atoms with Crippen molar-refractivity contribution >= 4 is 50.8 Å². The third-order valence-corrected chi connectivity index (χ3v) is 11.2. The Bertz CT molecular complexity index is 1790. The van der Waals surface area contributed by atoms with Gasteiger partial charge >= 0.3 is 12.6 Å². The molecule has 1 saturated carbocycles. The number of alkyl halides is 2. The van der Waals surface area contributed by atoms with Crippen molar-refractivity contribution in [3.05, 3.63) is 75.5 Å². The van der Waals surface area contributed by atoms with Crippen LogP contribution in [-0.4, -0.2) is 57.5 Å². The van der Waals surface area contributed by atoms with E-state index >= 15 is 0 Å². The average molecular weight is 712 g/mol. The standard InChI is InChI=1S/C32H31Cl2F2N3O7S/c1-38-25-8-7-21(11-20(25)13-30(38)40)47(42,43)39-10-2-3-26(39)31(41)45-28(14-22-23(33)15-37-16-24(22)34)19-6-9-27(46-32(35)36)29(12-19)44-17-18-4-5-18/h6-9,11-12,15-16,18,26,28,32H,2-5,10,13-14,17H2,1H3/p+1/t26-,28-/m0/s1. The van der Waals surface area contributed by atoms with Crippen molar-refractivity contribution in [2.45, 2.75) is 62.2 Å². The Hall–Kier alpha value is -3.52. The summed E-state index contributed by atoms with van der Waals surface area (Å²) in [6, 6.07) is 7.61. The normalized spacial score (nSPS) is 18.8. The lowest BCUT2D eigenvalue weighted by atomic mass is 10.0. The lowest BCUT2D eigenvalue weighted by molar-refractivity contribution is -0.377. The molecule has 2 fully saturated rings. The lowest BCUT2D eigenvalue weighted by Gasteiger charge is -2.26. The van der Waals surface area contributed by atoms with Crippen LogP contribution in [0.5, 0.6) is 11.5 Å². The van der Waals surface area contributed by atoms with E-state index < -0.39 is 34.7 Å². The van der Waals surface area contributed by atoms with Crippen LogP contribution in [0.3, 0.4) is 0 Å². The molecule has 15 heteroatoms. The highest BCUT2D eigenvalue weighted by molar-refractivity contribution is 7.89. The summed E-state index contributed by atoms with van der Waals surface area (Å²) >= 11 is 12.9. The van der Waals surface area contributed by atoms with E-state index in [1.807, 2.05) is 0 Å². The fourth-order valence-corrected chi connectivity index (χ4v) is 8.06. The summed E-state index contributed by atoms with van der Waals surface area (Å²) < 4.78 is 71.8. The summed E-state index contributed by atoms with van der Waals surface area (Å²) in [7, 11) is -2.52. The molecule has 1 saturated heterocycles. The molecule has 0 unspecified atom stereocenters.